The summed E-state index contributed by atoms with van der Waals surface area (Å²) in [6.07, 6.45) is 10.2. The molecule has 2 aliphatic carbocycles. The summed E-state index contributed by atoms with van der Waals surface area (Å²) in [5, 5.41) is 24.0. The Bertz CT molecular complexity index is 1510. The summed E-state index contributed by atoms with van der Waals surface area (Å²) in [7, 11) is 1.24. The molecular weight excluding hydrogens is 592 g/mol. The molecule has 6 atom stereocenters. The summed E-state index contributed by atoms with van der Waals surface area (Å²) in [6.45, 7) is 2.44. The Morgan fingerprint density at radius 3 is 2.80 bits per heavy atom. The van der Waals surface area contributed by atoms with E-state index in [0.29, 0.717) is 44.0 Å². The Hall–Kier alpha value is -3.07. The van der Waals surface area contributed by atoms with Crippen molar-refractivity contribution in [2.24, 2.45) is 11.8 Å². The maximum atomic E-state index is 13.7. The first-order valence-electron chi connectivity index (χ1n) is 16.5. The number of hydrogen-bond donors (Lipinski definition) is 2. The molecule has 240 valence electrons. The van der Waals surface area contributed by atoms with Gasteiger partial charge in [0.1, 0.15) is 5.75 Å². The highest BCUT2D eigenvalue weighted by molar-refractivity contribution is 6.30. The van der Waals surface area contributed by atoms with Crippen LogP contribution in [0.5, 0.6) is 5.75 Å². The number of carbonyl (C=O) groups excluding carboxylic acids is 2. The topological polar surface area (TPSA) is 99.5 Å². The molecule has 0 radical (unpaired) electrons. The number of aliphatic hydroxyl groups excluding tert-OH is 1. The number of esters is 1. The predicted molar refractivity (Wildman–Crippen MR) is 171 cm³/mol. The fourth-order valence-corrected chi connectivity index (χ4v) is 8.83. The molecule has 1 spiro atoms. The zero-order valence-electron chi connectivity index (χ0n) is 25.9. The zero-order valence-corrected chi connectivity index (χ0v) is 26.7. The first-order chi connectivity index (χ1) is 21.7. The minimum atomic E-state index is -2.15. The molecule has 2 N–H and O–H groups in total. The lowest BCUT2D eigenvalue weighted by Gasteiger charge is -2.45. The molecule has 9 heteroatoms. The van der Waals surface area contributed by atoms with Crippen LogP contribution < -0.4 is 9.64 Å². The fraction of sp³-hybridized carbons (Fsp3) is 0.556. The lowest BCUT2D eigenvalue weighted by Crippen LogP contribution is -2.49. The van der Waals surface area contributed by atoms with Crippen molar-refractivity contribution in [3.05, 3.63) is 70.3 Å². The minimum Gasteiger partial charge on any atom is -0.490 e. The van der Waals surface area contributed by atoms with Gasteiger partial charge >= 0.3 is 5.97 Å². The smallest absolute Gasteiger partial charge is 0.343 e. The van der Waals surface area contributed by atoms with E-state index >= 15 is 0 Å². The number of nitrogens with zero attached hydrogens (tertiary/aromatic N) is 2. The number of halogens is 1. The van der Waals surface area contributed by atoms with E-state index in [1.807, 2.05) is 30.4 Å². The van der Waals surface area contributed by atoms with Crippen molar-refractivity contribution >= 4 is 29.2 Å². The van der Waals surface area contributed by atoms with Crippen LogP contribution in [0.25, 0.3) is 0 Å². The summed E-state index contributed by atoms with van der Waals surface area (Å²) in [5.74, 6) is -0.0733. The molecule has 8 nitrogen and oxygen atoms in total. The third-order valence-corrected chi connectivity index (χ3v) is 11.5. The third-order valence-electron chi connectivity index (χ3n) is 11.3. The number of amides is 1. The first-order valence-corrected chi connectivity index (χ1v) is 16.8. The fourth-order valence-electron chi connectivity index (χ4n) is 8.63. The van der Waals surface area contributed by atoms with Crippen LogP contribution >= 0.6 is 11.6 Å². The maximum absolute atomic E-state index is 13.7. The van der Waals surface area contributed by atoms with E-state index in [2.05, 4.69) is 17.0 Å². The maximum Gasteiger partial charge on any atom is 0.343 e. The van der Waals surface area contributed by atoms with Gasteiger partial charge in [0.15, 0.2) is 5.60 Å². The second-order valence-electron chi connectivity index (χ2n) is 13.9. The van der Waals surface area contributed by atoms with Gasteiger partial charge in [-0.05, 0) is 104 Å². The largest absolute Gasteiger partial charge is 0.490 e. The second-order valence-corrected chi connectivity index (χ2v) is 14.3. The average molecular weight is 635 g/mol. The van der Waals surface area contributed by atoms with Crippen molar-refractivity contribution < 1.29 is 29.3 Å². The molecule has 3 heterocycles. The van der Waals surface area contributed by atoms with E-state index in [1.165, 1.54) is 18.2 Å². The van der Waals surface area contributed by atoms with E-state index in [9.17, 15) is 19.8 Å². The zero-order chi connectivity index (χ0) is 31.3. The van der Waals surface area contributed by atoms with Gasteiger partial charge in [0, 0.05) is 36.1 Å². The van der Waals surface area contributed by atoms with Gasteiger partial charge in [-0.3, -0.25) is 4.79 Å². The molecule has 1 saturated heterocycles. The van der Waals surface area contributed by atoms with E-state index < -0.39 is 24.1 Å². The molecule has 3 aliphatic heterocycles. The monoisotopic (exact) mass is 634 g/mol. The number of carbonyl (C=O) groups is 2. The van der Waals surface area contributed by atoms with Crippen LogP contribution in [0.15, 0.2) is 48.6 Å². The van der Waals surface area contributed by atoms with E-state index in [-0.39, 0.29) is 29.2 Å². The van der Waals surface area contributed by atoms with Crippen molar-refractivity contribution in [2.75, 3.05) is 38.3 Å². The molecule has 2 bridgehead atoms. The number of fused-ring (bicyclic) bond motifs is 5. The second kappa shape index (κ2) is 11.9. The number of methoxy groups -OCH3 is 1. The van der Waals surface area contributed by atoms with Crippen LogP contribution in [0.4, 0.5) is 5.69 Å². The quantitative estimate of drug-likeness (QED) is 0.340. The van der Waals surface area contributed by atoms with Crippen LogP contribution in [0.2, 0.25) is 5.02 Å². The van der Waals surface area contributed by atoms with Gasteiger partial charge < -0.3 is 29.5 Å². The van der Waals surface area contributed by atoms with Crippen molar-refractivity contribution in [1.82, 2.24) is 4.90 Å². The lowest BCUT2D eigenvalue weighted by molar-refractivity contribution is -0.168. The number of aryl methyl sites for hydroxylation is 1. The first kappa shape index (κ1) is 30.6. The van der Waals surface area contributed by atoms with Crippen LogP contribution in [-0.4, -0.2) is 72.5 Å². The van der Waals surface area contributed by atoms with Gasteiger partial charge in [0.2, 0.25) is 5.91 Å². The summed E-state index contributed by atoms with van der Waals surface area (Å²) in [6, 6.07) is 11.5. The van der Waals surface area contributed by atoms with E-state index in [1.54, 1.807) is 11.0 Å². The molecule has 45 heavy (non-hydrogen) atoms. The number of rotatable bonds is 1. The molecule has 1 saturated carbocycles. The number of ether oxygens (including phenoxy) is 2. The van der Waals surface area contributed by atoms with Crippen molar-refractivity contribution in [1.29, 1.82) is 0 Å². The summed E-state index contributed by atoms with van der Waals surface area (Å²) in [5.41, 5.74) is 1.16. The van der Waals surface area contributed by atoms with Crippen LogP contribution in [0.1, 0.15) is 68.1 Å². The normalized spacial score (nSPS) is 33.6. The molecule has 0 unspecified atom stereocenters. The highest BCUT2D eigenvalue weighted by Crippen LogP contribution is 2.47. The van der Waals surface area contributed by atoms with Crippen LogP contribution in [0.3, 0.4) is 0 Å². The van der Waals surface area contributed by atoms with Crippen molar-refractivity contribution in [3.8, 4) is 5.75 Å². The Balaban J connectivity index is 1.34. The van der Waals surface area contributed by atoms with Gasteiger partial charge in [0.05, 0.1) is 31.9 Å². The van der Waals surface area contributed by atoms with Crippen molar-refractivity contribution in [3.63, 3.8) is 0 Å². The predicted octanol–water partition coefficient (Wildman–Crippen LogP) is 4.90. The molecule has 1 amide bonds. The Morgan fingerprint density at radius 1 is 1.13 bits per heavy atom. The molecule has 7 rings (SSSR count). The van der Waals surface area contributed by atoms with Gasteiger partial charge in [-0.2, -0.15) is 0 Å². The van der Waals surface area contributed by atoms with Crippen LogP contribution in [-0.2, 0) is 31.8 Å². The van der Waals surface area contributed by atoms with E-state index in [4.69, 9.17) is 21.1 Å². The number of aliphatic hydroxyl groups is 2. The van der Waals surface area contributed by atoms with Gasteiger partial charge in [0.25, 0.3) is 0 Å². The van der Waals surface area contributed by atoms with Gasteiger partial charge in [-0.15, -0.1) is 0 Å². The molecular formula is C36H43ClN2O6. The Morgan fingerprint density at radius 2 is 2.00 bits per heavy atom. The van der Waals surface area contributed by atoms with Crippen molar-refractivity contribution in [2.45, 2.75) is 80.9 Å². The summed E-state index contributed by atoms with van der Waals surface area (Å²) >= 11 is 6.42. The van der Waals surface area contributed by atoms with Gasteiger partial charge in [-0.1, -0.05) is 35.9 Å². The number of benzene rings is 2. The number of anilines is 1. The van der Waals surface area contributed by atoms with Crippen LogP contribution in [0, 0.1) is 11.8 Å². The Kier molecular flexibility index (Phi) is 8.11. The minimum absolute atomic E-state index is 0.0340. The highest BCUT2D eigenvalue weighted by Gasteiger charge is 2.47. The van der Waals surface area contributed by atoms with E-state index in [0.717, 1.165) is 55.7 Å². The molecule has 2 fully saturated rings. The molecule has 2 aromatic rings. The molecule has 5 aliphatic rings. The summed E-state index contributed by atoms with van der Waals surface area (Å²) < 4.78 is 11.7. The highest BCUT2D eigenvalue weighted by atomic mass is 35.5. The molecule has 0 aromatic heterocycles. The average Bonchev–Trinajstić information content (AvgIpc) is 3.43. The Labute approximate surface area is 269 Å². The lowest BCUT2D eigenvalue weighted by atomic mass is 9.68. The standard InChI is InChI=1S/C36H43ClN2O6/c1-44-34(42)36(43)19-33(41)39-16-4-7-27(39)6-2-8-31(40)28-12-9-24(28)20-38-21-35(22-45-32-14-10-25(36)18-30(32)38)15-3-5-23-17-26(37)11-13-29(23)35/h2,8,10-11,13-14,17-18,24,27-28,31,40,43H,3-7,9,12,15-16,19-22H2,1H3/b8-2+/t24-,27+,28+,31-,35-,36-/m0/s1. The SMILES string of the molecule is COC(=O)[C@]1(O)CC(=O)N2CCC[C@H]2C/C=C/[C@H](O)[C@@H]2CC[C@H]2CN2C[C@@]3(CCCc4cc(Cl)ccc43)COc3ccc1cc32. The third kappa shape index (κ3) is 5.43. The summed E-state index contributed by atoms with van der Waals surface area (Å²) in [4.78, 5) is 31.1. The molecule has 2 aromatic carbocycles. The number of hydrogen-bond acceptors (Lipinski definition) is 7. The van der Waals surface area contributed by atoms with Gasteiger partial charge in [-0.25, -0.2) is 4.79 Å².